The van der Waals surface area contributed by atoms with Gasteiger partial charge in [-0.25, -0.2) is 0 Å². The highest BCUT2D eigenvalue weighted by atomic mass is 16.2. The van der Waals surface area contributed by atoms with Crippen LogP contribution in [0.15, 0.2) is 0 Å². The Kier molecular flexibility index (Phi) is 2.99. The van der Waals surface area contributed by atoms with E-state index < -0.39 is 0 Å². The van der Waals surface area contributed by atoms with Crippen molar-refractivity contribution in [3.8, 4) is 0 Å². The maximum absolute atomic E-state index is 12.3. The first-order valence-corrected chi connectivity index (χ1v) is 6.45. The van der Waals surface area contributed by atoms with E-state index in [-0.39, 0.29) is 17.4 Å². The molecule has 2 rings (SSSR count). The molecule has 3 nitrogen and oxygen atoms in total. The Morgan fingerprint density at radius 1 is 1.31 bits per heavy atom. The zero-order valence-electron chi connectivity index (χ0n) is 10.7. The van der Waals surface area contributed by atoms with Crippen LogP contribution in [0.25, 0.3) is 0 Å². The van der Waals surface area contributed by atoms with Gasteiger partial charge in [-0.1, -0.05) is 20.8 Å². The summed E-state index contributed by atoms with van der Waals surface area (Å²) in [6, 6.07) is 0.147. The summed E-state index contributed by atoms with van der Waals surface area (Å²) in [6.07, 6.45) is 4.94. The van der Waals surface area contributed by atoms with Crippen LogP contribution in [0.5, 0.6) is 0 Å². The highest BCUT2D eigenvalue weighted by molar-refractivity contribution is 5.83. The van der Waals surface area contributed by atoms with Crippen LogP contribution in [0.3, 0.4) is 0 Å². The third kappa shape index (κ3) is 2.76. The lowest BCUT2D eigenvalue weighted by Crippen LogP contribution is -2.51. The lowest BCUT2D eigenvalue weighted by atomic mass is 9.86. The SMILES string of the molecule is CC(C)(C)[C@H](N)C(=O)N(CC1CC1)C1CC1. The second-order valence-electron chi connectivity index (χ2n) is 6.51. The molecule has 2 N–H and O–H groups in total. The second kappa shape index (κ2) is 4.02. The normalized spacial score (nSPS) is 23.0. The average Bonchev–Trinajstić information content (AvgIpc) is 2.99. The number of hydrogen-bond acceptors (Lipinski definition) is 2. The van der Waals surface area contributed by atoms with Gasteiger partial charge in [-0.2, -0.15) is 0 Å². The van der Waals surface area contributed by atoms with Gasteiger partial charge in [-0.3, -0.25) is 4.79 Å². The quantitative estimate of drug-likeness (QED) is 0.791. The molecule has 2 fully saturated rings. The van der Waals surface area contributed by atoms with E-state index in [1.54, 1.807) is 0 Å². The lowest BCUT2D eigenvalue weighted by Gasteiger charge is -2.32. The summed E-state index contributed by atoms with van der Waals surface area (Å²) in [6.45, 7) is 7.07. The summed E-state index contributed by atoms with van der Waals surface area (Å²) in [5.74, 6) is 0.929. The predicted octanol–water partition coefficient (Wildman–Crippen LogP) is 1.76. The molecule has 0 unspecified atom stereocenters. The molecule has 0 heterocycles. The molecule has 3 heteroatoms. The van der Waals surface area contributed by atoms with Gasteiger partial charge in [0.2, 0.25) is 5.91 Å². The van der Waals surface area contributed by atoms with Gasteiger partial charge >= 0.3 is 0 Å². The van der Waals surface area contributed by atoms with Crippen LogP contribution in [-0.2, 0) is 4.79 Å². The van der Waals surface area contributed by atoms with E-state index in [0.29, 0.717) is 6.04 Å². The van der Waals surface area contributed by atoms with Crippen LogP contribution in [0, 0.1) is 11.3 Å². The number of hydrogen-bond donors (Lipinski definition) is 1. The fraction of sp³-hybridized carbons (Fsp3) is 0.923. The van der Waals surface area contributed by atoms with Crippen molar-refractivity contribution < 1.29 is 4.79 Å². The van der Waals surface area contributed by atoms with E-state index in [1.165, 1.54) is 25.7 Å². The Morgan fingerprint density at radius 2 is 1.88 bits per heavy atom. The highest BCUT2D eigenvalue weighted by Crippen LogP contribution is 2.36. The Morgan fingerprint density at radius 3 is 2.25 bits per heavy atom. The molecule has 0 aliphatic heterocycles. The summed E-state index contributed by atoms with van der Waals surface area (Å²) < 4.78 is 0. The summed E-state index contributed by atoms with van der Waals surface area (Å²) in [5.41, 5.74) is 5.93. The third-order valence-electron chi connectivity index (χ3n) is 3.62. The Labute approximate surface area is 98.4 Å². The number of carbonyl (C=O) groups excluding carboxylic acids is 1. The summed E-state index contributed by atoms with van der Waals surface area (Å²) in [7, 11) is 0. The minimum atomic E-state index is -0.355. The first kappa shape index (κ1) is 11.9. The van der Waals surface area contributed by atoms with Crippen LogP contribution in [0.4, 0.5) is 0 Å². The van der Waals surface area contributed by atoms with Gasteiger partial charge in [-0.15, -0.1) is 0 Å². The van der Waals surface area contributed by atoms with Gasteiger partial charge in [0.25, 0.3) is 0 Å². The number of rotatable bonds is 4. The molecule has 0 aromatic heterocycles. The van der Waals surface area contributed by atoms with Gasteiger partial charge in [0.15, 0.2) is 0 Å². The summed E-state index contributed by atoms with van der Waals surface area (Å²) in [4.78, 5) is 14.4. The topological polar surface area (TPSA) is 46.3 Å². The van der Waals surface area contributed by atoms with Crippen molar-refractivity contribution in [1.82, 2.24) is 4.90 Å². The molecule has 1 atom stereocenters. The fourth-order valence-electron chi connectivity index (χ4n) is 1.93. The molecule has 0 saturated heterocycles. The predicted molar refractivity (Wildman–Crippen MR) is 64.9 cm³/mol. The molecule has 0 spiro atoms. The number of amides is 1. The monoisotopic (exact) mass is 224 g/mol. The van der Waals surface area contributed by atoms with Crippen LogP contribution < -0.4 is 5.73 Å². The fourth-order valence-corrected chi connectivity index (χ4v) is 1.93. The molecule has 92 valence electrons. The molecule has 0 aromatic rings. The first-order valence-electron chi connectivity index (χ1n) is 6.45. The van der Waals surface area contributed by atoms with Crippen molar-refractivity contribution in [2.24, 2.45) is 17.1 Å². The standard InChI is InChI=1S/C13H24N2O/c1-13(2,3)11(14)12(16)15(10-6-7-10)8-9-4-5-9/h9-11H,4-8,14H2,1-3H3/t11-/m1/s1. The Balaban J connectivity index is 1.98. The highest BCUT2D eigenvalue weighted by Gasteiger charge is 2.40. The smallest absolute Gasteiger partial charge is 0.240 e. The van der Waals surface area contributed by atoms with Gasteiger partial charge < -0.3 is 10.6 Å². The Hall–Kier alpha value is -0.570. The molecule has 0 aromatic carbocycles. The number of nitrogens with two attached hydrogens (primary N) is 1. The zero-order chi connectivity index (χ0) is 11.9. The molecule has 0 bridgehead atoms. The van der Waals surface area contributed by atoms with Crippen molar-refractivity contribution in [1.29, 1.82) is 0 Å². The van der Waals surface area contributed by atoms with Crippen molar-refractivity contribution >= 4 is 5.91 Å². The van der Waals surface area contributed by atoms with Crippen molar-refractivity contribution in [2.45, 2.75) is 58.5 Å². The van der Waals surface area contributed by atoms with Gasteiger partial charge in [0.05, 0.1) is 6.04 Å². The number of nitrogens with zero attached hydrogens (tertiary/aromatic N) is 1. The first-order chi connectivity index (χ1) is 7.39. The van der Waals surface area contributed by atoms with Crippen LogP contribution in [0.2, 0.25) is 0 Å². The van der Waals surface area contributed by atoms with E-state index in [1.807, 2.05) is 20.8 Å². The molecule has 0 radical (unpaired) electrons. The molecule has 1 amide bonds. The molecule has 2 aliphatic carbocycles. The molecule has 2 saturated carbocycles. The van der Waals surface area contributed by atoms with E-state index in [4.69, 9.17) is 5.73 Å². The average molecular weight is 224 g/mol. The van der Waals surface area contributed by atoms with Crippen molar-refractivity contribution in [3.05, 3.63) is 0 Å². The van der Waals surface area contributed by atoms with Crippen LogP contribution in [0.1, 0.15) is 46.5 Å². The van der Waals surface area contributed by atoms with E-state index >= 15 is 0 Å². The third-order valence-corrected chi connectivity index (χ3v) is 3.62. The van der Waals surface area contributed by atoms with Gasteiger partial charge in [0, 0.05) is 12.6 Å². The van der Waals surface area contributed by atoms with Gasteiger partial charge in [0.1, 0.15) is 0 Å². The largest absolute Gasteiger partial charge is 0.338 e. The summed E-state index contributed by atoms with van der Waals surface area (Å²) in [5, 5.41) is 0. The zero-order valence-corrected chi connectivity index (χ0v) is 10.7. The maximum Gasteiger partial charge on any atom is 0.240 e. The summed E-state index contributed by atoms with van der Waals surface area (Å²) >= 11 is 0. The maximum atomic E-state index is 12.3. The van der Waals surface area contributed by atoms with Crippen molar-refractivity contribution in [2.75, 3.05) is 6.54 Å². The van der Waals surface area contributed by atoms with Gasteiger partial charge in [-0.05, 0) is 37.0 Å². The van der Waals surface area contributed by atoms with Crippen LogP contribution in [-0.4, -0.2) is 29.4 Å². The molecular weight excluding hydrogens is 200 g/mol. The van der Waals surface area contributed by atoms with E-state index in [2.05, 4.69) is 4.90 Å². The van der Waals surface area contributed by atoms with Crippen LogP contribution >= 0.6 is 0 Å². The number of carbonyl (C=O) groups is 1. The minimum Gasteiger partial charge on any atom is -0.338 e. The minimum absolute atomic E-state index is 0.131. The lowest BCUT2D eigenvalue weighted by molar-refractivity contribution is -0.135. The second-order valence-corrected chi connectivity index (χ2v) is 6.51. The van der Waals surface area contributed by atoms with Crippen molar-refractivity contribution in [3.63, 3.8) is 0 Å². The van der Waals surface area contributed by atoms with E-state index in [0.717, 1.165) is 12.5 Å². The molecular formula is C13H24N2O. The molecule has 2 aliphatic rings. The Bertz CT molecular complexity index is 274. The molecule has 16 heavy (non-hydrogen) atoms. The van der Waals surface area contributed by atoms with E-state index in [9.17, 15) is 4.79 Å².